The van der Waals surface area contributed by atoms with Crippen molar-refractivity contribution >= 4 is 11.9 Å². The minimum atomic E-state index is -0.953. The minimum absolute atomic E-state index is 0.00714. The second-order valence-corrected chi connectivity index (χ2v) is 8.17. The standard InChI is InChI=1S/C19H28N2O4/c1-12-9-13(18(2,3)4)7-8-15(12)25-11-14(22)10-21-16(23)19(5,6)20-17(21)24/h7-9,14,22H,10-11H2,1-6H3,(H,20,24). The third kappa shape index (κ3) is 4.31. The molecule has 1 aromatic carbocycles. The van der Waals surface area contributed by atoms with Crippen LogP contribution in [0.2, 0.25) is 0 Å². The average Bonchev–Trinajstić information content (AvgIpc) is 2.67. The maximum Gasteiger partial charge on any atom is 0.325 e. The number of β-amino-alcohol motifs (C(OH)–C–C–N with tert-alkyl or cyclic N) is 1. The first-order valence-corrected chi connectivity index (χ1v) is 8.48. The van der Waals surface area contributed by atoms with Crippen LogP contribution in [0, 0.1) is 6.92 Å². The van der Waals surface area contributed by atoms with Crippen molar-refractivity contribution in [2.75, 3.05) is 13.2 Å². The zero-order valence-electron chi connectivity index (χ0n) is 15.8. The lowest BCUT2D eigenvalue weighted by atomic mass is 9.86. The first kappa shape index (κ1) is 19.2. The molecule has 0 saturated carbocycles. The summed E-state index contributed by atoms with van der Waals surface area (Å²) < 4.78 is 5.68. The van der Waals surface area contributed by atoms with E-state index in [1.807, 2.05) is 19.1 Å². The second-order valence-electron chi connectivity index (χ2n) is 8.17. The van der Waals surface area contributed by atoms with Crippen molar-refractivity contribution in [3.8, 4) is 5.75 Å². The monoisotopic (exact) mass is 348 g/mol. The lowest BCUT2D eigenvalue weighted by molar-refractivity contribution is -0.131. The molecule has 0 bridgehead atoms. The third-order valence-corrected chi connectivity index (χ3v) is 4.31. The van der Waals surface area contributed by atoms with Gasteiger partial charge < -0.3 is 15.2 Å². The Morgan fingerprint density at radius 2 is 1.92 bits per heavy atom. The maximum atomic E-state index is 12.1. The molecule has 3 amide bonds. The van der Waals surface area contributed by atoms with Gasteiger partial charge in [-0.3, -0.25) is 9.69 Å². The van der Waals surface area contributed by atoms with E-state index in [2.05, 4.69) is 32.2 Å². The van der Waals surface area contributed by atoms with Gasteiger partial charge in [0.05, 0.1) is 6.54 Å². The summed E-state index contributed by atoms with van der Waals surface area (Å²) in [6.07, 6.45) is -0.953. The summed E-state index contributed by atoms with van der Waals surface area (Å²) in [5.74, 6) is 0.340. The van der Waals surface area contributed by atoms with Crippen molar-refractivity contribution in [3.63, 3.8) is 0 Å². The van der Waals surface area contributed by atoms with Gasteiger partial charge in [-0.15, -0.1) is 0 Å². The van der Waals surface area contributed by atoms with Crippen LogP contribution in [0.15, 0.2) is 18.2 Å². The zero-order chi connectivity index (χ0) is 19.0. The van der Waals surface area contributed by atoms with Crippen LogP contribution in [0.5, 0.6) is 5.75 Å². The van der Waals surface area contributed by atoms with Crippen LogP contribution in [0.1, 0.15) is 45.7 Å². The molecule has 1 aliphatic rings. The number of hydrogen-bond acceptors (Lipinski definition) is 4. The number of imide groups is 1. The van der Waals surface area contributed by atoms with Gasteiger partial charge in [0, 0.05) is 0 Å². The highest BCUT2D eigenvalue weighted by molar-refractivity contribution is 6.06. The molecule has 0 spiro atoms. The van der Waals surface area contributed by atoms with E-state index in [1.165, 1.54) is 5.56 Å². The van der Waals surface area contributed by atoms with Crippen molar-refractivity contribution in [2.45, 2.75) is 58.6 Å². The quantitative estimate of drug-likeness (QED) is 0.801. The Labute approximate surface area is 149 Å². The third-order valence-electron chi connectivity index (χ3n) is 4.31. The number of rotatable bonds is 5. The largest absolute Gasteiger partial charge is 0.491 e. The highest BCUT2D eigenvalue weighted by atomic mass is 16.5. The Morgan fingerprint density at radius 1 is 1.28 bits per heavy atom. The number of aliphatic hydroxyl groups excluding tert-OH is 1. The second kappa shape index (κ2) is 6.67. The number of carbonyl (C=O) groups is 2. The molecule has 1 saturated heterocycles. The van der Waals surface area contributed by atoms with Crippen LogP contribution in [0.25, 0.3) is 0 Å². The highest BCUT2D eigenvalue weighted by Crippen LogP contribution is 2.27. The van der Waals surface area contributed by atoms with Crippen LogP contribution >= 0.6 is 0 Å². The van der Waals surface area contributed by atoms with Crippen LogP contribution in [0.4, 0.5) is 4.79 Å². The summed E-state index contributed by atoms with van der Waals surface area (Å²) in [4.78, 5) is 25.0. The highest BCUT2D eigenvalue weighted by Gasteiger charge is 2.44. The molecule has 2 N–H and O–H groups in total. The fourth-order valence-electron chi connectivity index (χ4n) is 2.71. The molecule has 6 nitrogen and oxygen atoms in total. The number of nitrogens with one attached hydrogen (secondary N) is 1. The minimum Gasteiger partial charge on any atom is -0.491 e. The number of benzene rings is 1. The summed E-state index contributed by atoms with van der Waals surface area (Å²) in [5.41, 5.74) is 1.31. The van der Waals surface area contributed by atoms with Gasteiger partial charge in [-0.25, -0.2) is 4.79 Å². The molecule has 1 heterocycles. The molecule has 0 radical (unpaired) electrons. The van der Waals surface area contributed by atoms with Crippen molar-refractivity contribution in [1.82, 2.24) is 10.2 Å². The molecule has 138 valence electrons. The lowest BCUT2D eigenvalue weighted by Gasteiger charge is -2.22. The van der Waals surface area contributed by atoms with Crippen molar-refractivity contribution < 1.29 is 19.4 Å². The fraction of sp³-hybridized carbons (Fsp3) is 0.579. The van der Waals surface area contributed by atoms with Gasteiger partial charge >= 0.3 is 6.03 Å². The smallest absolute Gasteiger partial charge is 0.325 e. The van der Waals surface area contributed by atoms with Gasteiger partial charge in [-0.2, -0.15) is 0 Å². The molecule has 0 aromatic heterocycles. The van der Waals surface area contributed by atoms with Gasteiger partial charge in [0.15, 0.2) is 0 Å². The first-order valence-electron chi connectivity index (χ1n) is 8.48. The number of amides is 3. The van der Waals surface area contributed by atoms with Gasteiger partial charge in [-0.05, 0) is 43.4 Å². The van der Waals surface area contributed by atoms with E-state index in [0.717, 1.165) is 10.5 Å². The Morgan fingerprint density at radius 3 is 2.40 bits per heavy atom. The zero-order valence-corrected chi connectivity index (χ0v) is 15.8. The summed E-state index contributed by atoms with van der Waals surface area (Å²) in [6, 6.07) is 5.48. The number of aryl methyl sites for hydroxylation is 1. The van der Waals surface area contributed by atoms with E-state index in [0.29, 0.717) is 5.75 Å². The van der Waals surface area contributed by atoms with Gasteiger partial charge in [-0.1, -0.05) is 32.9 Å². The molecular weight excluding hydrogens is 320 g/mol. The summed E-state index contributed by atoms with van der Waals surface area (Å²) in [7, 11) is 0. The number of aliphatic hydroxyl groups is 1. The average molecular weight is 348 g/mol. The Balaban J connectivity index is 1.96. The predicted octanol–water partition coefficient (Wildman–Crippen LogP) is 2.36. The van der Waals surface area contributed by atoms with Crippen LogP contribution < -0.4 is 10.1 Å². The van der Waals surface area contributed by atoms with Crippen molar-refractivity contribution in [3.05, 3.63) is 29.3 Å². The molecule has 1 aliphatic heterocycles. The van der Waals surface area contributed by atoms with Gasteiger partial charge in [0.2, 0.25) is 0 Å². The van der Waals surface area contributed by atoms with E-state index in [-0.39, 0.29) is 24.5 Å². The first-order chi connectivity index (χ1) is 11.4. The molecule has 6 heteroatoms. The van der Waals surface area contributed by atoms with E-state index < -0.39 is 17.7 Å². The van der Waals surface area contributed by atoms with E-state index in [4.69, 9.17) is 4.74 Å². The normalized spacial score (nSPS) is 18.3. The van der Waals surface area contributed by atoms with E-state index >= 15 is 0 Å². The Kier molecular flexibility index (Phi) is 5.14. The number of urea groups is 1. The number of carbonyl (C=O) groups excluding carboxylic acids is 2. The number of ether oxygens (including phenoxy) is 1. The van der Waals surface area contributed by atoms with Crippen LogP contribution in [-0.4, -0.2) is 46.7 Å². The van der Waals surface area contributed by atoms with Gasteiger partial charge in [0.25, 0.3) is 5.91 Å². The maximum absolute atomic E-state index is 12.1. The fourth-order valence-corrected chi connectivity index (χ4v) is 2.71. The summed E-state index contributed by atoms with van der Waals surface area (Å²) >= 11 is 0. The lowest BCUT2D eigenvalue weighted by Crippen LogP contribution is -2.42. The molecule has 0 aliphatic carbocycles. The molecule has 25 heavy (non-hydrogen) atoms. The van der Waals surface area contributed by atoms with Crippen LogP contribution in [-0.2, 0) is 10.2 Å². The molecule has 1 fully saturated rings. The van der Waals surface area contributed by atoms with E-state index in [1.54, 1.807) is 13.8 Å². The number of hydrogen-bond donors (Lipinski definition) is 2. The summed E-state index contributed by atoms with van der Waals surface area (Å²) in [5, 5.41) is 12.7. The number of nitrogens with zero attached hydrogens (tertiary/aromatic N) is 1. The molecule has 2 rings (SSSR count). The van der Waals surface area contributed by atoms with Gasteiger partial charge in [0.1, 0.15) is 24.0 Å². The molecule has 1 unspecified atom stereocenters. The van der Waals surface area contributed by atoms with Crippen LogP contribution in [0.3, 0.4) is 0 Å². The topological polar surface area (TPSA) is 78.9 Å². The molecule has 1 atom stereocenters. The predicted molar refractivity (Wildman–Crippen MR) is 95.7 cm³/mol. The Bertz CT molecular complexity index is 676. The van der Waals surface area contributed by atoms with Crippen molar-refractivity contribution in [1.29, 1.82) is 0 Å². The van der Waals surface area contributed by atoms with E-state index in [9.17, 15) is 14.7 Å². The summed E-state index contributed by atoms with van der Waals surface area (Å²) in [6.45, 7) is 11.6. The molecular formula is C19H28N2O4. The molecule has 1 aromatic rings. The Hall–Kier alpha value is -2.08. The van der Waals surface area contributed by atoms with Crippen molar-refractivity contribution in [2.24, 2.45) is 0 Å². The SMILES string of the molecule is Cc1cc(C(C)(C)C)ccc1OCC(O)CN1C(=O)NC(C)(C)C1=O.